The molecule has 1 saturated heterocycles. The average Bonchev–Trinajstić information content (AvgIpc) is 2.47. The number of para-hydroxylation sites is 1. The minimum atomic E-state index is 0.135. The van der Waals surface area contributed by atoms with Gasteiger partial charge in [-0.2, -0.15) is 0 Å². The second kappa shape index (κ2) is 7.14. The topological polar surface area (TPSA) is 41.6 Å². The highest BCUT2D eigenvalue weighted by Crippen LogP contribution is 2.15. The highest BCUT2D eigenvalue weighted by Gasteiger charge is 2.18. The van der Waals surface area contributed by atoms with E-state index < -0.39 is 0 Å². The first-order valence-corrected chi connectivity index (χ1v) is 6.86. The minimum Gasteiger partial charge on any atom is -0.381 e. The van der Waals surface area contributed by atoms with E-state index in [0.717, 1.165) is 38.3 Å². The molecule has 1 aromatic carbocycles. The lowest BCUT2D eigenvalue weighted by Gasteiger charge is -2.27. The number of nitrogens with one attached hydrogen (secondary N) is 1. The van der Waals surface area contributed by atoms with Gasteiger partial charge >= 0.3 is 0 Å². The van der Waals surface area contributed by atoms with Crippen molar-refractivity contribution in [1.29, 1.82) is 0 Å². The quantitative estimate of drug-likeness (QED) is 0.882. The van der Waals surface area contributed by atoms with E-state index in [0.29, 0.717) is 12.5 Å². The Morgan fingerprint density at radius 2 is 2.00 bits per heavy atom. The number of benzene rings is 1. The lowest BCUT2D eigenvalue weighted by Crippen LogP contribution is -2.37. The zero-order valence-electron chi connectivity index (χ0n) is 11.5. The third-order valence-electron chi connectivity index (χ3n) is 3.52. The minimum absolute atomic E-state index is 0.135. The van der Waals surface area contributed by atoms with Crippen molar-refractivity contribution in [1.82, 2.24) is 4.90 Å². The molecule has 104 valence electrons. The molecule has 1 fully saturated rings. The van der Waals surface area contributed by atoms with Gasteiger partial charge in [0.1, 0.15) is 0 Å². The number of carbonyl (C=O) groups excluding carboxylic acids is 1. The van der Waals surface area contributed by atoms with Gasteiger partial charge in [-0.05, 0) is 30.9 Å². The highest BCUT2D eigenvalue weighted by molar-refractivity contribution is 5.80. The Hall–Kier alpha value is -1.55. The first kappa shape index (κ1) is 13.9. The van der Waals surface area contributed by atoms with Gasteiger partial charge in [-0.1, -0.05) is 18.2 Å². The Bertz CT molecular complexity index is 388. The number of likely N-dealkylation sites (N-methyl/N-ethyl adjacent to an activating group) is 1. The van der Waals surface area contributed by atoms with E-state index in [1.54, 1.807) is 0 Å². The summed E-state index contributed by atoms with van der Waals surface area (Å²) in [5, 5.41) is 3.15. The van der Waals surface area contributed by atoms with Crippen LogP contribution in [0, 0.1) is 5.92 Å². The fourth-order valence-corrected chi connectivity index (χ4v) is 2.29. The number of amides is 1. The SMILES string of the molecule is CN(CC1CCOCC1)C(=O)CNc1ccccc1. The maximum absolute atomic E-state index is 12.0. The predicted molar refractivity (Wildman–Crippen MR) is 76.1 cm³/mol. The number of rotatable bonds is 5. The van der Waals surface area contributed by atoms with Crippen molar-refractivity contribution in [2.45, 2.75) is 12.8 Å². The van der Waals surface area contributed by atoms with E-state index in [2.05, 4.69) is 5.32 Å². The van der Waals surface area contributed by atoms with Gasteiger partial charge in [0.05, 0.1) is 6.54 Å². The smallest absolute Gasteiger partial charge is 0.241 e. The third kappa shape index (κ3) is 4.56. The van der Waals surface area contributed by atoms with E-state index >= 15 is 0 Å². The molecule has 0 aromatic heterocycles. The van der Waals surface area contributed by atoms with Crippen LogP contribution in [-0.4, -0.2) is 44.2 Å². The van der Waals surface area contributed by atoms with E-state index in [1.165, 1.54) is 0 Å². The molecule has 1 aromatic rings. The molecule has 1 aliphatic heterocycles. The van der Waals surface area contributed by atoms with Gasteiger partial charge in [0.15, 0.2) is 0 Å². The first-order valence-electron chi connectivity index (χ1n) is 6.86. The summed E-state index contributed by atoms with van der Waals surface area (Å²) in [4.78, 5) is 13.8. The van der Waals surface area contributed by atoms with Crippen molar-refractivity contribution in [2.24, 2.45) is 5.92 Å². The summed E-state index contributed by atoms with van der Waals surface area (Å²) in [5.74, 6) is 0.717. The van der Waals surface area contributed by atoms with Crippen molar-refractivity contribution in [3.05, 3.63) is 30.3 Å². The maximum atomic E-state index is 12.0. The highest BCUT2D eigenvalue weighted by atomic mass is 16.5. The fourth-order valence-electron chi connectivity index (χ4n) is 2.29. The molecule has 4 heteroatoms. The van der Waals surface area contributed by atoms with Gasteiger partial charge in [0.2, 0.25) is 5.91 Å². The van der Waals surface area contributed by atoms with Crippen molar-refractivity contribution >= 4 is 11.6 Å². The predicted octanol–water partition coefficient (Wildman–Crippen LogP) is 1.98. The molecular formula is C15H22N2O2. The van der Waals surface area contributed by atoms with Crippen LogP contribution in [0.4, 0.5) is 5.69 Å². The molecule has 2 rings (SSSR count). The van der Waals surface area contributed by atoms with Crippen LogP contribution in [0.5, 0.6) is 0 Å². The molecule has 4 nitrogen and oxygen atoms in total. The molecule has 0 unspecified atom stereocenters. The zero-order valence-corrected chi connectivity index (χ0v) is 11.5. The molecule has 0 bridgehead atoms. The summed E-state index contributed by atoms with van der Waals surface area (Å²) in [6.07, 6.45) is 2.12. The van der Waals surface area contributed by atoms with Gasteiger partial charge in [-0.3, -0.25) is 4.79 Å². The molecule has 1 N–H and O–H groups in total. The number of anilines is 1. The summed E-state index contributed by atoms with van der Waals surface area (Å²) < 4.78 is 5.33. The standard InChI is InChI=1S/C15H22N2O2/c1-17(12-13-7-9-19-10-8-13)15(18)11-16-14-5-3-2-4-6-14/h2-6,13,16H,7-12H2,1H3. The van der Waals surface area contributed by atoms with Crippen molar-refractivity contribution in [3.8, 4) is 0 Å². The number of hydrogen-bond donors (Lipinski definition) is 1. The Morgan fingerprint density at radius 1 is 1.32 bits per heavy atom. The Balaban J connectivity index is 1.72. The Kier molecular flexibility index (Phi) is 5.21. The second-order valence-electron chi connectivity index (χ2n) is 5.05. The van der Waals surface area contributed by atoms with Gasteiger partial charge in [-0.15, -0.1) is 0 Å². The van der Waals surface area contributed by atoms with Crippen LogP contribution in [0.2, 0.25) is 0 Å². The van der Waals surface area contributed by atoms with Crippen LogP contribution >= 0.6 is 0 Å². The van der Waals surface area contributed by atoms with Crippen molar-refractivity contribution in [3.63, 3.8) is 0 Å². The summed E-state index contributed by atoms with van der Waals surface area (Å²) in [7, 11) is 1.88. The number of carbonyl (C=O) groups is 1. The molecule has 0 saturated carbocycles. The largest absolute Gasteiger partial charge is 0.381 e. The van der Waals surface area contributed by atoms with Crippen LogP contribution in [-0.2, 0) is 9.53 Å². The summed E-state index contributed by atoms with van der Waals surface area (Å²) in [5.41, 5.74) is 0.982. The molecule has 0 atom stereocenters. The average molecular weight is 262 g/mol. The Morgan fingerprint density at radius 3 is 2.68 bits per heavy atom. The second-order valence-corrected chi connectivity index (χ2v) is 5.05. The monoisotopic (exact) mass is 262 g/mol. The van der Waals surface area contributed by atoms with Crippen LogP contribution in [0.15, 0.2) is 30.3 Å². The molecule has 1 aliphatic rings. The number of hydrogen-bond acceptors (Lipinski definition) is 3. The van der Waals surface area contributed by atoms with Gasteiger partial charge in [-0.25, -0.2) is 0 Å². The van der Waals surface area contributed by atoms with Crippen LogP contribution in [0.3, 0.4) is 0 Å². The number of ether oxygens (including phenoxy) is 1. The summed E-state index contributed by atoms with van der Waals surface area (Å²) >= 11 is 0. The summed E-state index contributed by atoms with van der Waals surface area (Å²) in [6, 6.07) is 9.80. The van der Waals surface area contributed by atoms with E-state index in [4.69, 9.17) is 4.74 Å². The zero-order chi connectivity index (χ0) is 13.5. The van der Waals surface area contributed by atoms with Gasteiger partial charge in [0, 0.05) is 32.5 Å². The first-order chi connectivity index (χ1) is 9.25. The van der Waals surface area contributed by atoms with Crippen LogP contribution in [0.1, 0.15) is 12.8 Å². The van der Waals surface area contributed by atoms with Crippen LogP contribution < -0.4 is 5.32 Å². The van der Waals surface area contributed by atoms with Crippen LogP contribution in [0.25, 0.3) is 0 Å². The Labute approximate surface area is 114 Å². The molecule has 1 heterocycles. The molecular weight excluding hydrogens is 240 g/mol. The van der Waals surface area contributed by atoms with Crippen molar-refractivity contribution < 1.29 is 9.53 Å². The third-order valence-corrected chi connectivity index (χ3v) is 3.52. The lowest BCUT2D eigenvalue weighted by atomic mass is 10.00. The maximum Gasteiger partial charge on any atom is 0.241 e. The molecule has 0 aliphatic carbocycles. The number of nitrogens with zero attached hydrogens (tertiary/aromatic N) is 1. The summed E-state index contributed by atoms with van der Waals surface area (Å²) in [6.45, 7) is 2.84. The fraction of sp³-hybridized carbons (Fsp3) is 0.533. The normalized spacial score (nSPS) is 16.1. The van der Waals surface area contributed by atoms with Crippen molar-refractivity contribution in [2.75, 3.05) is 38.7 Å². The van der Waals surface area contributed by atoms with E-state index in [9.17, 15) is 4.79 Å². The van der Waals surface area contributed by atoms with Gasteiger partial charge < -0.3 is 15.0 Å². The molecule has 1 amide bonds. The molecule has 0 radical (unpaired) electrons. The molecule has 19 heavy (non-hydrogen) atoms. The van der Waals surface area contributed by atoms with E-state index in [-0.39, 0.29) is 5.91 Å². The van der Waals surface area contributed by atoms with E-state index in [1.807, 2.05) is 42.3 Å². The van der Waals surface area contributed by atoms with Gasteiger partial charge in [0.25, 0.3) is 0 Å². The lowest BCUT2D eigenvalue weighted by molar-refractivity contribution is -0.129. The molecule has 0 spiro atoms.